The third-order valence-electron chi connectivity index (χ3n) is 4.64. The van der Waals surface area contributed by atoms with Crippen LogP contribution in [0.25, 0.3) is 6.08 Å². The second-order valence-electron chi connectivity index (χ2n) is 6.91. The maximum absolute atomic E-state index is 12.7. The number of carbonyl (C=O) groups is 1. The summed E-state index contributed by atoms with van der Waals surface area (Å²) in [5, 5.41) is 0.690. The van der Waals surface area contributed by atoms with Crippen molar-refractivity contribution in [3.05, 3.63) is 64.1 Å². The number of ether oxygens (including phenoxy) is 1. The van der Waals surface area contributed by atoms with Gasteiger partial charge in [-0.1, -0.05) is 31.5 Å². The molecule has 1 aliphatic rings. The Morgan fingerprint density at radius 2 is 1.96 bits per heavy atom. The number of aliphatic imine (C=N–C) groups is 1. The number of hydrogen-bond donors (Lipinski definition) is 0. The van der Waals surface area contributed by atoms with E-state index in [1.165, 1.54) is 22.9 Å². The van der Waals surface area contributed by atoms with Crippen molar-refractivity contribution in [2.45, 2.75) is 33.6 Å². The van der Waals surface area contributed by atoms with Crippen molar-refractivity contribution >= 4 is 34.6 Å². The normalized spacial score (nSPS) is 17.0. The van der Waals surface area contributed by atoms with Crippen molar-refractivity contribution in [3.8, 4) is 5.75 Å². The molecule has 3 rings (SSSR count). The molecule has 146 valence electrons. The predicted octanol–water partition coefficient (Wildman–Crippen LogP) is 5.72. The minimum atomic E-state index is -0.0371. The third-order valence-corrected chi connectivity index (χ3v) is 5.70. The highest BCUT2D eigenvalue weighted by molar-refractivity contribution is 8.18. The summed E-state index contributed by atoms with van der Waals surface area (Å²) in [6.45, 7) is 6.99. The van der Waals surface area contributed by atoms with E-state index in [4.69, 9.17) is 4.74 Å². The van der Waals surface area contributed by atoms with Gasteiger partial charge in [-0.25, -0.2) is 4.99 Å². The second kappa shape index (κ2) is 9.11. The Morgan fingerprint density at radius 1 is 1.14 bits per heavy atom. The fourth-order valence-corrected chi connectivity index (χ4v) is 3.72. The number of amidine groups is 1. The summed E-state index contributed by atoms with van der Waals surface area (Å²) in [5.41, 5.74) is 4.23. The molecule has 0 aliphatic carbocycles. The van der Waals surface area contributed by atoms with Crippen molar-refractivity contribution in [1.29, 1.82) is 0 Å². The van der Waals surface area contributed by atoms with Crippen LogP contribution in [0.5, 0.6) is 5.75 Å². The number of rotatable bonds is 6. The molecule has 4 nitrogen and oxygen atoms in total. The molecule has 1 aliphatic heterocycles. The van der Waals surface area contributed by atoms with Crippen LogP contribution in [0.3, 0.4) is 0 Å². The molecule has 0 aromatic heterocycles. The zero-order chi connectivity index (χ0) is 20.1. The number of benzene rings is 2. The monoisotopic (exact) mass is 394 g/mol. The van der Waals surface area contributed by atoms with E-state index in [2.05, 4.69) is 31.8 Å². The molecule has 5 heteroatoms. The molecule has 1 amide bonds. The van der Waals surface area contributed by atoms with E-state index in [9.17, 15) is 4.79 Å². The molecule has 1 heterocycles. The predicted molar refractivity (Wildman–Crippen MR) is 118 cm³/mol. The Morgan fingerprint density at radius 3 is 2.71 bits per heavy atom. The van der Waals surface area contributed by atoms with E-state index in [1.54, 1.807) is 11.9 Å². The van der Waals surface area contributed by atoms with Gasteiger partial charge in [0.15, 0.2) is 5.17 Å². The van der Waals surface area contributed by atoms with Gasteiger partial charge in [0.25, 0.3) is 5.91 Å². The van der Waals surface area contributed by atoms with Gasteiger partial charge in [0.2, 0.25) is 0 Å². The first-order chi connectivity index (χ1) is 13.5. The average molecular weight is 395 g/mol. The molecule has 2 aromatic rings. The number of thioether (sulfide) groups is 1. The molecule has 1 saturated heterocycles. The first-order valence-corrected chi connectivity index (χ1v) is 10.4. The van der Waals surface area contributed by atoms with E-state index >= 15 is 0 Å². The zero-order valence-corrected chi connectivity index (χ0v) is 17.7. The summed E-state index contributed by atoms with van der Waals surface area (Å²) in [5.74, 6) is 0.792. The number of aryl methyl sites for hydroxylation is 2. The van der Waals surface area contributed by atoms with Crippen LogP contribution >= 0.6 is 11.8 Å². The Labute approximate surface area is 171 Å². The minimum absolute atomic E-state index is 0.0371. The van der Waals surface area contributed by atoms with Crippen LogP contribution in [0.2, 0.25) is 0 Å². The van der Waals surface area contributed by atoms with Crippen molar-refractivity contribution in [2.75, 3.05) is 13.7 Å². The van der Waals surface area contributed by atoms with E-state index in [0.29, 0.717) is 16.7 Å². The summed E-state index contributed by atoms with van der Waals surface area (Å²) < 4.78 is 5.77. The maximum atomic E-state index is 12.7. The number of unbranched alkanes of at least 4 members (excludes halogenated alkanes) is 1. The van der Waals surface area contributed by atoms with Crippen LogP contribution in [0.1, 0.15) is 36.5 Å². The van der Waals surface area contributed by atoms with E-state index < -0.39 is 0 Å². The van der Waals surface area contributed by atoms with E-state index in [0.717, 1.165) is 29.8 Å². The van der Waals surface area contributed by atoms with Crippen molar-refractivity contribution < 1.29 is 9.53 Å². The lowest BCUT2D eigenvalue weighted by molar-refractivity contribution is -0.121. The second-order valence-corrected chi connectivity index (χ2v) is 7.92. The largest absolute Gasteiger partial charge is 0.494 e. The molecule has 2 aromatic carbocycles. The van der Waals surface area contributed by atoms with Crippen molar-refractivity contribution in [3.63, 3.8) is 0 Å². The smallest absolute Gasteiger partial charge is 0.266 e. The van der Waals surface area contributed by atoms with Gasteiger partial charge < -0.3 is 4.74 Å². The Hall–Kier alpha value is -2.53. The molecular formula is C23H26N2O2S. The van der Waals surface area contributed by atoms with Gasteiger partial charge in [0.1, 0.15) is 5.75 Å². The molecule has 0 spiro atoms. The molecule has 28 heavy (non-hydrogen) atoms. The molecule has 0 saturated carbocycles. The summed E-state index contributed by atoms with van der Waals surface area (Å²) in [6, 6.07) is 13.9. The SMILES string of the molecule is CCCCOc1cccc(/C=C2/SC(=Nc3ccc(C)c(C)c3)N(C)C2=O)c1. The summed E-state index contributed by atoms with van der Waals surface area (Å²) in [7, 11) is 1.76. The number of likely N-dealkylation sites (N-methyl/N-ethyl adjacent to an activating group) is 1. The van der Waals surface area contributed by atoms with Crippen LogP contribution in [-0.4, -0.2) is 29.6 Å². The first kappa shape index (κ1) is 20.2. The lowest BCUT2D eigenvalue weighted by atomic mass is 10.1. The summed E-state index contributed by atoms with van der Waals surface area (Å²) >= 11 is 1.40. The van der Waals surface area contributed by atoms with Gasteiger partial charge in [-0.05, 0) is 79.1 Å². The van der Waals surface area contributed by atoms with Gasteiger partial charge in [-0.2, -0.15) is 0 Å². The van der Waals surface area contributed by atoms with E-state index in [-0.39, 0.29) is 5.91 Å². The van der Waals surface area contributed by atoms with Crippen LogP contribution in [0.4, 0.5) is 5.69 Å². The molecule has 0 N–H and O–H groups in total. The molecule has 0 atom stereocenters. The van der Waals surface area contributed by atoms with Crippen molar-refractivity contribution in [1.82, 2.24) is 4.90 Å². The molecule has 0 radical (unpaired) electrons. The highest BCUT2D eigenvalue weighted by Gasteiger charge is 2.30. The van der Waals surface area contributed by atoms with Gasteiger partial charge in [0, 0.05) is 7.05 Å². The highest BCUT2D eigenvalue weighted by atomic mass is 32.2. The topological polar surface area (TPSA) is 41.9 Å². The fraction of sp³-hybridized carbons (Fsp3) is 0.304. The van der Waals surface area contributed by atoms with Gasteiger partial charge in [-0.3, -0.25) is 9.69 Å². The van der Waals surface area contributed by atoms with Crippen molar-refractivity contribution in [2.24, 2.45) is 4.99 Å². The quantitative estimate of drug-likeness (QED) is 0.465. The Kier molecular flexibility index (Phi) is 6.57. The molecule has 0 unspecified atom stereocenters. The average Bonchev–Trinajstić information content (AvgIpc) is 2.93. The van der Waals surface area contributed by atoms with E-state index in [1.807, 2.05) is 42.5 Å². The van der Waals surface area contributed by atoms with Gasteiger partial charge >= 0.3 is 0 Å². The minimum Gasteiger partial charge on any atom is -0.494 e. The number of hydrogen-bond acceptors (Lipinski definition) is 4. The third kappa shape index (κ3) is 4.84. The zero-order valence-electron chi connectivity index (χ0n) is 16.9. The lowest BCUT2D eigenvalue weighted by Gasteiger charge is -2.08. The Balaban J connectivity index is 1.80. The fourth-order valence-electron chi connectivity index (χ4n) is 2.74. The maximum Gasteiger partial charge on any atom is 0.266 e. The standard InChI is InChI=1S/C23H26N2O2S/c1-5-6-12-27-20-9-7-8-18(14-20)15-21-22(26)25(4)23(28-21)24-19-11-10-16(2)17(3)13-19/h7-11,13-15H,5-6,12H2,1-4H3/b21-15+,24-23?. The van der Waals surface area contributed by atoms with Crippen LogP contribution < -0.4 is 4.74 Å². The summed E-state index contributed by atoms with van der Waals surface area (Å²) in [6.07, 6.45) is 4.03. The molecular weight excluding hydrogens is 368 g/mol. The number of amides is 1. The highest BCUT2D eigenvalue weighted by Crippen LogP contribution is 2.33. The van der Waals surface area contributed by atoms with Gasteiger partial charge in [-0.15, -0.1) is 0 Å². The molecule has 0 bridgehead atoms. The van der Waals surface area contributed by atoms with Crippen LogP contribution in [0, 0.1) is 13.8 Å². The van der Waals surface area contributed by atoms with Crippen LogP contribution in [-0.2, 0) is 4.79 Å². The number of carbonyl (C=O) groups excluding carboxylic acids is 1. The van der Waals surface area contributed by atoms with Crippen LogP contribution in [0.15, 0.2) is 52.4 Å². The summed E-state index contributed by atoms with van der Waals surface area (Å²) in [4.78, 5) is 19.6. The molecule has 1 fully saturated rings. The lowest BCUT2D eigenvalue weighted by Crippen LogP contribution is -2.23. The number of nitrogens with zero attached hydrogens (tertiary/aromatic N) is 2. The first-order valence-electron chi connectivity index (χ1n) is 9.54. The Bertz CT molecular complexity index is 934. The van der Waals surface area contributed by atoms with Gasteiger partial charge in [0.05, 0.1) is 17.2 Å².